The van der Waals surface area contributed by atoms with Gasteiger partial charge in [0.2, 0.25) is 5.91 Å². The molecule has 0 saturated carbocycles. The van der Waals surface area contributed by atoms with Crippen LogP contribution in [-0.4, -0.2) is 22.6 Å². The first-order valence-corrected chi connectivity index (χ1v) is 5.92. The third-order valence-electron chi connectivity index (χ3n) is 2.79. The number of rotatable bonds is 4. The van der Waals surface area contributed by atoms with Crippen LogP contribution in [0.25, 0.3) is 0 Å². The van der Waals surface area contributed by atoms with Crippen molar-refractivity contribution in [1.29, 1.82) is 0 Å². The van der Waals surface area contributed by atoms with E-state index in [-0.39, 0.29) is 11.7 Å². The zero-order valence-electron chi connectivity index (χ0n) is 10.3. The van der Waals surface area contributed by atoms with Crippen molar-refractivity contribution in [3.05, 3.63) is 29.8 Å². The van der Waals surface area contributed by atoms with Crippen LogP contribution in [-0.2, 0) is 16.1 Å². The van der Waals surface area contributed by atoms with Gasteiger partial charge in [-0.15, -0.1) is 12.6 Å². The number of hydrogen-bond donors (Lipinski definition) is 1. The Kier molecular flexibility index (Phi) is 4.75. The van der Waals surface area contributed by atoms with Crippen molar-refractivity contribution in [3.8, 4) is 0 Å². The molecule has 0 aliphatic heterocycles. The molecule has 0 N–H and O–H groups in total. The van der Waals surface area contributed by atoms with Crippen molar-refractivity contribution in [3.63, 3.8) is 0 Å². The normalized spacial score (nSPS) is 12.0. The summed E-state index contributed by atoms with van der Waals surface area (Å²) in [6, 6.07) is 7.16. The molecular formula is C13H17NO2S. The van der Waals surface area contributed by atoms with E-state index < -0.39 is 6.04 Å². The predicted octanol–water partition coefficient (Wildman–Crippen LogP) is 2.30. The molecule has 1 aromatic carbocycles. The molecule has 0 heterocycles. The number of benzene rings is 1. The first-order chi connectivity index (χ1) is 7.93. The largest absolute Gasteiger partial charge is 0.329 e. The van der Waals surface area contributed by atoms with Gasteiger partial charge in [0.1, 0.15) is 0 Å². The van der Waals surface area contributed by atoms with Crippen LogP contribution in [0.4, 0.5) is 0 Å². The van der Waals surface area contributed by atoms with E-state index >= 15 is 0 Å². The van der Waals surface area contributed by atoms with Gasteiger partial charge in [-0.1, -0.05) is 18.2 Å². The summed E-state index contributed by atoms with van der Waals surface area (Å²) in [6.45, 7) is 5.12. The third kappa shape index (κ3) is 3.60. The van der Waals surface area contributed by atoms with Crippen molar-refractivity contribution in [2.24, 2.45) is 0 Å². The fourth-order valence-electron chi connectivity index (χ4n) is 1.57. The van der Waals surface area contributed by atoms with Gasteiger partial charge in [0.25, 0.3) is 0 Å². The van der Waals surface area contributed by atoms with Crippen LogP contribution in [0.3, 0.4) is 0 Å². The minimum atomic E-state index is -0.402. The lowest BCUT2D eigenvalue weighted by Crippen LogP contribution is -2.40. The van der Waals surface area contributed by atoms with Crippen LogP contribution in [0.1, 0.15) is 26.3 Å². The Morgan fingerprint density at radius 3 is 2.35 bits per heavy atom. The monoisotopic (exact) mass is 251 g/mol. The SMILES string of the molecule is CC(=O)C(C)N(Cc1ccccc1S)C(C)=O. The Morgan fingerprint density at radius 2 is 1.88 bits per heavy atom. The van der Waals surface area contributed by atoms with Gasteiger partial charge in [0, 0.05) is 18.4 Å². The molecule has 1 unspecified atom stereocenters. The van der Waals surface area contributed by atoms with Gasteiger partial charge < -0.3 is 4.90 Å². The van der Waals surface area contributed by atoms with E-state index in [1.165, 1.54) is 13.8 Å². The highest BCUT2D eigenvalue weighted by molar-refractivity contribution is 7.80. The van der Waals surface area contributed by atoms with Crippen molar-refractivity contribution in [2.75, 3.05) is 0 Å². The maximum Gasteiger partial charge on any atom is 0.220 e. The molecule has 0 saturated heterocycles. The van der Waals surface area contributed by atoms with Crippen LogP contribution in [0, 0.1) is 0 Å². The lowest BCUT2D eigenvalue weighted by Gasteiger charge is -2.26. The first-order valence-electron chi connectivity index (χ1n) is 5.48. The number of Topliss-reactive ketones (excluding diaryl/α,β-unsaturated/α-hetero) is 1. The second-order valence-corrected chi connectivity index (χ2v) is 4.54. The molecule has 1 rings (SSSR count). The summed E-state index contributed by atoms with van der Waals surface area (Å²) in [6.07, 6.45) is 0. The van der Waals surface area contributed by atoms with Crippen molar-refractivity contribution < 1.29 is 9.59 Å². The lowest BCUT2D eigenvalue weighted by atomic mass is 10.1. The first kappa shape index (κ1) is 13.8. The van der Waals surface area contributed by atoms with E-state index in [9.17, 15) is 9.59 Å². The molecule has 1 aromatic rings. The van der Waals surface area contributed by atoms with E-state index in [2.05, 4.69) is 12.6 Å². The maximum atomic E-state index is 11.6. The second kappa shape index (κ2) is 5.87. The number of thiol groups is 1. The standard InChI is InChI=1S/C13H17NO2S/c1-9(10(2)15)14(11(3)16)8-12-6-4-5-7-13(12)17/h4-7,9,17H,8H2,1-3H3. The van der Waals surface area contributed by atoms with E-state index in [4.69, 9.17) is 0 Å². The van der Waals surface area contributed by atoms with Crippen LogP contribution < -0.4 is 0 Å². The summed E-state index contributed by atoms with van der Waals surface area (Å²) in [5.41, 5.74) is 0.944. The van der Waals surface area contributed by atoms with Crippen molar-refractivity contribution in [1.82, 2.24) is 4.90 Å². The summed E-state index contributed by atoms with van der Waals surface area (Å²) in [5.74, 6) is -0.124. The molecule has 0 fully saturated rings. The Morgan fingerprint density at radius 1 is 1.29 bits per heavy atom. The van der Waals surface area contributed by atoms with Gasteiger partial charge in [-0.2, -0.15) is 0 Å². The van der Waals surface area contributed by atoms with E-state index in [1.54, 1.807) is 11.8 Å². The van der Waals surface area contributed by atoms with Crippen LogP contribution in [0.15, 0.2) is 29.2 Å². The fourth-order valence-corrected chi connectivity index (χ4v) is 1.80. The Bertz CT molecular complexity index is 431. The van der Waals surface area contributed by atoms with Gasteiger partial charge in [-0.05, 0) is 25.5 Å². The summed E-state index contributed by atoms with van der Waals surface area (Å²) in [7, 11) is 0. The lowest BCUT2D eigenvalue weighted by molar-refractivity contribution is -0.137. The molecule has 0 radical (unpaired) electrons. The van der Waals surface area contributed by atoms with Crippen molar-refractivity contribution in [2.45, 2.75) is 38.3 Å². The Labute approximate surface area is 107 Å². The number of carbonyl (C=O) groups is 2. The van der Waals surface area contributed by atoms with E-state index in [0.29, 0.717) is 6.54 Å². The number of hydrogen-bond acceptors (Lipinski definition) is 3. The molecule has 92 valence electrons. The molecule has 1 atom stereocenters. The summed E-state index contributed by atoms with van der Waals surface area (Å²) >= 11 is 4.34. The highest BCUT2D eigenvalue weighted by Crippen LogP contribution is 2.17. The zero-order valence-corrected chi connectivity index (χ0v) is 11.2. The predicted molar refractivity (Wildman–Crippen MR) is 70.1 cm³/mol. The summed E-state index contributed by atoms with van der Waals surface area (Å²) in [5, 5.41) is 0. The smallest absolute Gasteiger partial charge is 0.220 e. The third-order valence-corrected chi connectivity index (χ3v) is 3.23. The average Bonchev–Trinajstić information content (AvgIpc) is 2.26. The summed E-state index contributed by atoms with van der Waals surface area (Å²) in [4.78, 5) is 25.3. The summed E-state index contributed by atoms with van der Waals surface area (Å²) < 4.78 is 0. The van der Waals surface area contributed by atoms with E-state index in [0.717, 1.165) is 10.5 Å². The van der Waals surface area contributed by atoms with Crippen molar-refractivity contribution >= 4 is 24.3 Å². The number of carbonyl (C=O) groups excluding carboxylic acids is 2. The van der Waals surface area contributed by atoms with Crippen LogP contribution >= 0.6 is 12.6 Å². The molecule has 0 aliphatic rings. The molecule has 0 bridgehead atoms. The van der Waals surface area contributed by atoms with Gasteiger partial charge in [-0.3, -0.25) is 9.59 Å². The average molecular weight is 251 g/mol. The Balaban J connectivity index is 2.92. The minimum Gasteiger partial charge on any atom is -0.329 e. The molecule has 4 heteroatoms. The molecule has 0 aliphatic carbocycles. The van der Waals surface area contributed by atoms with Gasteiger partial charge in [-0.25, -0.2) is 0 Å². The molecule has 1 amide bonds. The molecule has 3 nitrogen and oxygen atoms in total. The quantitative estimate of drug-likeness (QED) is 0.834. The van der Waals surface area contributed by atoms with E-state index in [1.807, 2.05) is 24.3 Å². The highest BCUT2D eigenvalue weighted by Gasteiger charge is 2.21. The molecule has 17 heavy (non-hydrogen) atoms. The maximum absolute atomic E-state index is 11.6. The number of nitrogens with zero attached hydrogens (tertiary/aromatic N) is 1. The van der Waals surface area contributed by atoms with Gasteiger partial charge in [0.05, 0.1) is 6.04 Å². The fraction of sp³-hybridized carbons (Fsp3) is 0.385. The molecule has 0 spiro atoms. The number of amides is 1. The van der Waals surface area contributed by atoms with Crippen LogP contribution in [0.2, 0.25) is 0 Å². The highest BCUT2D eigenvalue weighted by atomic mass is 32.1. The van der Waals surface area contributed by atoms with Crippen LogP contribution in [0.5, 0.6) is 0 Å². The second-order valence-electron chi connectivity index (χ2n) is 4.06. The topological polar surface area (TPSA) is 37.4 Å². The number of ketones is 1. The molecule has 0 aromatic heterocycles. The molecular weight excluding hydrogens is 234 g/mol. The van der Waals surface area contributed by atoms with Gasteiger partial charge in [0.15, 0.2) is 5.78 Å². The Hall–Kier alpha value is -1.29. The minimum absolute atomic E-state index is 0.0168. The zero-order chi connectivity index (χ0) is 13.0. The van der Waals surface area contributed by atoms with Gasteiger partial charge >= 0.3 is 0 Å².